The molecule has 1 aliphatic rings. The fraction of sp³-hybridized carbons (Fsp3) is 0.450. The Kier molecular flexibility index (Phi) is 6.94. The van der Waals surface area contributed by atoms with Crippen LogP contribution in [0.5, 0.6) is 17.2 Å². The van der Waals surface area contributed by atoms with Crippen LogP contribution in [0.4, 0.5) is 16.4 Å². The molecule has 2 heterocycles. The molecule has 2 aromatic rings. The third-order valence-electron chi connectivity index (χ3n) is 4.69. The Morgan fingerprint density at radius 1 is 1.07 bits per heavy atom. The van der Waals surface area contributed by atoms with Gasteiger partial charge < -0.3 is 29.7 Å². The molecule has 0 unspecified atom stereocenters. The lowest BCUT2D eigenvalue weighted by molar-refractivity contribution is 0.251. The summed E-state index contributed by atoms with van der Waals surface area (Å²) in [5.74, 6) is 2.11. The molecular formula is C20H27N5O4. The topological polar surface area (TPSA) is 97.8 Å². The molecule has 0 saturated carbocycles. The van der Waals surface area contributed by atoms with Crippen molar-refractivity contribution >= 4 is 17.7 Å². The van der Waals surface area contributed by atoms with Crippen molar-refractivity contribution in [1.29, 1.82) is 0 Å². The summed E-state index contributed by atoms with van der Waals surface area (Å²) in [5.41, 5.74) is 1.27. The van der Waals surface area contributed by atoms with Crippen molar-refractivity contribution in [3.63, 3.8) is 0 Å². The van der Waals surface area contributed by atoms with Crippen LogP contribution >= 0.6 is 0 Å². The van der Waals surface area contributed by atoms with Gasteiger partial charge in [0.05, 0.1) is 39.3 Å². The summed E-state index contributed by atoms with van der Waals surface area (Å²) in [6, 6.07) is 4.77. The molecule has 0 atom stereocenters. The van der Waals surface area contributed by atoms with Crippen molar-refractivity contribution in [2.24, 2.45) is 0 Å². The molecule has 1 aromatic heterocycles. The van der Waals surface area contributed by atoms with E-state index in [1.54, 1.807) is 24.4 Å². The Bertz CT molecular complexity index is 814. The third kappa shape index (κ3) is 5.18. The molecular weight excluding hydrogens is 374 g/mol. The highest BCUT2D eigenvalue weighted by atomic mass is 16.5. The predicted molar refractivity (Wildman–Crippen MR) is 110 cm³/mol. The number of carbonyl (C=O) groups is 1. The zero-order chi connectivity index (χ0) is 20.6. The molecule has 0 spiro atoms. The summed E-state index contributed by atoms with van der Waals surface area (Å²) < 4.78 is 15.9. The Balaban J connectivity index is 1.61. The van der Waals surface area contributed by atoms with E-state index in [4.69, 9.17) is 14.2 Å². The summed E-state index contributed by atoms with van der Waals surface area (Å²) >= 11 is 0. The van der Waals surface area contributed by atoms with E-state index in [0.717, 1.165) is 31.6 Å². The van der Waals surface area contributed by atoms with E-state index in [1.807, 2.05) is 0 Å². The summed E-state index contributed by atoms with van der Waals surface area (Å²) in [6.07, 6.45) is 5.29. The molecule has 1 fully saturated rings. The van der Waals surface area contributed by atoms with Gasteiger partial charge in [0.15, 0.2) is 11.5 Å². The van der Waals surface area contributed by atoms with Crippen molar-refractivity contribution in [2.45, 2.75) is 25.8 Å². The van der Waals surface area contributed by atoms with Crippen LogP contribution in [-0.2, 0) is 6.54 Å². The van der Waals surface area contributed by atoms with Crippen molar-refractivity contribution < 1.29 is 19.0 Å². The number of nitrogens with one attached hydrogen (secondary N) is 2. The summed E-state index contributed by atoms with van der Waals surface area (Å²) in [4.78, 5) is 23.4. The van der Waals surface area contributed by atoms with Gasteiger partial charge in [-0.1, -0.05) is 0 Å². The first kappa shape index (κ1) is 20.5. The lowest BCUT2D eigenvalue weighted by atomic mass is 10.1. The van der Waals surface area contributed by atoms with Crippen molar-refractivity contribution in [3.05, 3.63) is 30.1 Å². The third-order valence-corrected chi connectivity index (χ3v) is 4.69. The number of anilines is 2. The van der Waals surface area contributed by atoms with Gasteiger partial charge in [-0.25, -0.2) is 14.8 Å². The number of nitrogens with zero attached hydrogens (tertiary/aromatic N) is 3. The number of aromatic nitrogens is 2. The minimum Gasteiger partial charge on any atom is -0.493 e. The number of urea groups is 1. The predicted octanol–water partition coefficient (Wildman–Crippen LogP) is 2.81. The van der Waals surface area contributed by atoms with E-state index in [2.05, 4.69) is 25.5 Å². The zero-order valence-corrected chi connectivity index (χ0v) is 17.0. The second-order valence-corrected chi connectivity index (χ2v) is 6.62. The first-order valence-corrected chi connectivity index (χ1v) is 9.56. The lowest BCUT2D eigenvalue weighted by Crippen LogP contribution is -2.32. The second kappa shape index (κ2) is 9.81. The quantitative estimate of drug-likeness (QED) is 0.736. The lowest BCUT2D eigenvalue weighted by Gasteiger charge is -2.26. The van der Waals surface area contributed by atoms with E-state index >= 15 is 0 Å². The molecule has 29 heavy (non-hydrogen) atoms. The van der Waals surface area contributed by atoms with Crippen LogP contribution in [0.3, 0.4) is 0 Å². The Morgan fingerprint density at radius 3 is 2.38 bits per heavy atom. The molecule has 1 aliphatic heterocycles. The molecule has 0 radical (unpaired) electrons. The number of piperidine rings is 1. The van der Waals surface area contributed by atoms with Gasteiger partial charge in [-0.2, -0.15) is 0 Å². The zero-order valence-electron chi connectivity index (χ0n) is 17.0. The van der Waals surface area contributed by atoms with Crippen LogP contribution < -0.4 is 29.7 Å². The van der Waals surface area contributed by atoms with Crippen LogP contribution in [0.1, 0.15) is 25.0 Å². The highest BCUT2D eigenvalue weighted by Crippen LogP contribution is 2.39. The Morgan fingerprint density at radius 2 is 1.76 bits per heavy atom. The van der Waals surface area contributed by atoms with Crippen LogP contribution in [0.25, 0.3) is 0 Å². The van der Waals surface area contributed by atoms with Gasteiger partial charge >= 0.3 is 6.03 Å². The van der Waals surface area contributed by atoms with Gasteiger partial charge in [-0.15, -0.1) is 0 Å². The number of methoxy groups -OCH3 is 3. The van der Waals surface area contributed by atoms with Crippen LogP contribution in [-0.4, -0.2) is 50.4 Å². The molecule has 156 valence electrons. The summed E-state index contributed by atoms with van der Waals surface area (Å²) in [7, 11) is 4.58. The minimum absolute atomic E-state index is 0.291. The SMILES string of the molecule is COc1cc(NC(=O)NCc2ccnc(N3CCCCC3)n2)cc(OC)c1OC. The molecule has 1 aromatic carbocycles. The Hall–Kier alpha value is -3.23. The number of benzene rings is 1. The first-order chi connectivity index (χ1) is 14.1. The second-order valence-electron chi connectivity index (χ2n) is 6.62. The largest absolute Gasteiger partial charge is 0.493 e. The summed E-state index contributed by atoms with van der Waals surface area (Å²) in [5, 5.41) is 5.58. The van der Waals surface area contributed by atoms with Crippen molar-refractivity contribution in [2.75, 3.05) is 44.6 Å². The van der Waals surface area contributed by atoms with E-state index in [0.29, 0.717) is 35.4 Å². The standard InChI is InChI=1S/C20H27N5O4/c1-27-16-11-15(12-17(28-2)18(16)29-3)24-20(26)22-13-14-7-8-21-19(23-14)25-9-5-4-6-10-25/h7-8,11-12H,4-6,9-10,13H2,1-3H3,(H2,22,24,26). The van der Waals surface area contributed by atoms with Gasteiger partial charge in [0.2, 0.25) is 11.7 Å². The van der Waals surface area contributed by atoms with E-state index < -0.39 is 0 Å². The number of ether oxygens (including phenoxy) is 3. The number of hydrogen-bond donors (Lipinski definition) is 2. The van der Waals surface area contributed by atoms with Crippen molar-refractivity contribution in [1.82, 2.24) is 15.3 Å². The number of hydrogen-bond acceptors (Lipinski definition) is 7. The maximum Gasteiger partial charge on any atom is 0.319 e. The highest BCUT2D eigenvalue weighted by molar-refractivity contribution is 5.90. The molecule has 1 saturated heterocycles. The smallest absolute Gasteiger partial charge is 0.319 e. The monoisotopic (exact) mass is 401 g/mol. The van der Waals surface area contributed by atoms with Gasteiger partial charge in [0, 0.05) is 31.4 Å². The average Bonchev–Trinajstić information content (AvgIpc) is 2.77. The Labute approximate surface area is 170 Å². The minimum atomic E-state index is -0.364. The number of carbonyl (C=O) groups excluding carboxylic acids is 1. The molecule has 2 N–H and O–H groups in total. The van der Waals surface area contributed by atoms with E-state index in [9.17, 15) is 4.79 Å². The van der Waals surface area contributed by atoms with Crippen LogP contribution in [0.2, 0.25) is 0 Å². The van der Waals surface area contributed by atoms with Crippen LogP contribution in [0, 0.1) is 0 Å². The molecule has 0 bridgehead atoms. The fourth-order valence-electron chi connectivity index (χ4n) is 3.23. The fourth-order valence-corrected chi connectivity index (χ4v) is 3.23. The van der Waals surface area contributed by atoms with E-state index in [-0.39, 0.29) is 6.03 Å². The van der Waals surface area contributed by atoms with Crippen molar-refractivity contribution in [3.8, 4) is 17.2 Å². The number of rotatable bonds is 7. The molecule has 2 amide bonds. The van der Waals surface area contributed by atoms with Gasteiger partial charge in [0.25, 0.3) is 0 Å². The highest BCUT2D eigenvalue weighted by Gasteiger charge is 2.16. The molecule has 9 nitrogen and oxygen atoms in total. The van der Waals surface area contributed by atoms with Gasteiger partial charge in [-0.3, -0.25) is 0 Å². The van der Waals surface area contributed by atoms with Gasteiger partial charge in [-0.05, 0) is 25.3 Å². The maximum absolute atomic E-state index is 12.3. The van der Waals surface area contributed by atoms with E-state index in [1.165, 1.54) is 27.8 Å². The maximum atomic E-state index is 12.3. The van der Waals surface area contributed by atoms with Crippen LogP contribution in [0.15, 0.2) is 24.4 Å². The average molecular weight is 401 g/mol. The first-order valence-electron chi connectivity index (χ1n) is 9.56. The van der Waals surface area contributed by atoms with Gasteiger partial charge in [0.1, 0.15) is 0 Å². The summed E-state index contributed by atoms with van der Waals surface area (Å²) in [6.45, 7) is 2.23. The molecule has 9 heteroatoms. The molecule has 3 rings (SSSR count). The molecule has 0 aliphatic carbocycles. The number of amides is 2. The normalized spacial score (nSPS) is 13.6.